The first-order chi connectivity index (χ1) is 7.83. The first-order valence-corrected chi connectivity index (χ1v) is 5.78. The minimum atomic E-state index is 0.799. The molecule has 0 N–H and O–H groups in total. The summed E-state index contributed by atoms with van der Waals surface area (Å²) in [5.74, 6) is 0. The van der Waals surface area contributed by atoms with Gasteiger partial charge in [-0.15, -0.1) is 0 Å². The number of fused-ring (bicyclic) bond motifs is 1. The summed E-state index contributed by atoms with van der Waals surface area (Å²) in [7, 11) is 0. The SMILES string of the molecule is Clc1cccc(N2Cc3ccccc3C2)c1. The van der Waals surface area contributed by atoms with E-state index in [4.69, 9.17) is 11.6 Å². The second kappa shape index (κ2) is 3.84. The predicted octanol–water partition coefficient (Wildman–Crippen LogP) is 3.86. The summed E-state index contributed by atoms with van der Waals surface area (Å²) in [5.41, 5.74) is 4.04. The molecule has 0 saturated carbocycles. The van der Waals surface area contributed by atoms with Gasteiger partial charge < -0.3 is 4.90 Å². The highest BCUT2D eigenvalue weighted by molar-refractivity contribution is 6.30. The van der Waals surface area contributed by atoms with Crippen LogP contribution in [0, 0.1) is 0 Å². The molecular formula is C14H12ClN. The van der Waals surface area contributed by atoms with E-state index in [2.05, 4.69) is 35.2 Å². The van der Waals surface area contributed by atoms with Gasteiger partial charge in [-0.05, 0) is 29.3 Å². The average Bonchev–Trinajstić information content (AvgIpc) is 2.72. The Labute approximate surface area is 100 Å². The van der Waals surface area contributed by atoms with E-state index in [1.807, 2.05) is 18.2 Å². The maximum atomic E-state index is 6.01. The fraction of sp³-hybridized carbons (Fsp3) is 0.143. The summed E-state index contributed by atoms with van der Waals surface area (Å²) in [5, 5.41) is 0.799. The second-order valence-corrected chi connectivity index (χ2v) is 4.54. The Morgan fingerprint density at radius 1 is 0.875 bits per heavy atom. The Morgan fingerprint density at radius 3 is 2.19 bits per heavy atom. The van der Waals surface area contributed by atoms with Gasteiger partial charge in [-0.1, -0.05) is 41.9 Å². The van der Waals surface area contributed by atoms with Crippen LogP contribution in [0.5, 0.6) is 0 Å². The van der Waals surface area contributed by atoms with Crippen molar-refractivity contribution in [2.24, 2.45) is 0 Å². The van der Waals surface area contributed by atoms with Gasteiger partial charge in [0.15, 0.2) is 0 Å². The second-order valence-electron chi connectivity index (χ2n) is 4.10. The summed E-state index contributed by atoms with van der Waals surface area (Å²) in [4.78, 5) is 2.34. The third-order valence-electron chi connectivity index (χ3n) is 3.01. The Morgan fingerprint density at radius 2 is 1.56 bits per heavy atom. The number of hydrogen-bond acceptors (Lipinski definition) is 1. The molecule has 0 amide bonds. The van der Waals surface area contributed by atoms with E-state index in [1.165, 1.54) is 16.8 Å². The van der Waals surface area contributed by atoms with Crippen LogP contribution >= 0.6 is 11.6 Å². The maximum Gasteiger partial charge on any atom is 0.0436 e. The number of anilines is 1. The van der Waals surface area contributed by atoms with Crippen molar-refractivity contribution in [2.75, 3.05) is 4.90 Å². The fourth-order valence-electron chi connectivity index (χ4n) is 2.19. The predicted molar refractivity (Wildman–Crippen MR) is 67.8 cm³/mol. The lowest BCUT2D eigenvalue weighted by molar-refractivity contribution is 0.880. The van der Waals surface area contributed by atoms with E-state index in [0.717, 1.165) is 18.1 Å². The largest absolute Gasteiger partial charge is 0.363 e. The highest BCUT2D eigenvalue weighted by Crippen LogP contribution is 2.29. The molecule has 1 heterocycles. The number of rotatable bonds is 1. The zero-order chi connectivity index (χ0) is 11.0. The fourth-order valence-corrected chi connectivity index (χ4v) is 2.37. The number of hydrogen-bond donors (Lipinski definition) is 0. The molecule has 0 bridgehead atoms. The highest BCUT2D eigenvalue weighted by atomic mass is 35.5. The zero-order valence-electron chi connectivity index (χ0n) is 8.86. The van der Waals surface area contributed by atoms with Gasteiger partial charge in [0.1, 0.15) is 0 Å². The molecule has 80 valence electrons. The lowest BCUT2D eigenvalue weighted by Gasteiger charge is -2.17. The van der Waals surface area contributed by atoms with E-state index in [9.17, 15) is 0 Å². The number of nitrogens with zero attached hydrogens (tertiary/aromatic N) is 1. The van der Waals surface area contributed by atoms with Crippen LogP contribution in [0.15, 0.2) is 48.5 Å². The van der Waals surface area contributed by atoms with Crippen LogP contribution in [-0.2, 0) is 13.1 Å². The lowest BCUT2D eigenvalue weighted by Crippen LogP contribution is -2.14. The Kier molecular flexibility index (Phi) is 2.33. The van der Waals surface area contributed by atoms with E-state index < -0.39 is 0 Å². The van der Waals surface area contributed by atoms with Gasteiger partial charge in [0, 0.05) is 23.8 Å². The third kappa shape index (κ3) is 1.68. The van der Waals surface area contributed by atoms with Crippen LogP contribution in [0.25, 0.3) is 0 Å². The van der Waals surface area contributed by atoms with Gasteiger partial charge in [-0.3, -0.25) is 0 Å². The van der Waals surface area contributed by atoms with Gasteiger partial charge in [0.25, 0.3) is 0 Å². The van der Waals surface area contributed by atoms with Crippen LogP contribution in [-0.4, -0.2) is 0 Å². The molecule has 1 nitrogen and oxygen atoms in total. The normalized spacial score (nSPS) is 13.9. The maximum absolute atomic E-state index is 6.01. The zero-order valence-corrected chi connectivity index (χ0v) is 9.61. The van der Waals surface area contributed by atoms with Crippen molar-refractivity contribution >= 4 is 17.3 Å². The summed E-state index contributed by atoms with van der Waals surface area (Å²) < 4.78 is 0. The molecule has 2 heteroatoms. The first kappa shape index (κ1) is 9.73. The van der Waals surface area contributed by atoms with Crippen molar-refractivity contribution in [3.63, 3.8) is 0 Å². The van der Waals surface area contributed by atoms with E-state index in [0.29, 0.717) is 0 Å². The Bertz CT molecular complexity index is 497. The van der Waals surface area contributed by atoms with Crippen molar-refractivity contribution in [3.8, 4) is 0 Å². The average molecular weight is 230 g/mol. The summed E-state index contributed by atoms with van der Waals surface area (Å²) in [6, 6.07) is 16.6. The quantitative estimate of drug-likeness (QED) is 0.718. The molecule has 1 aliphatic heterocycles. The van der Waals surface area contributed by atoms with Gasteiger partial charge in [-0.2, -0.15) is 0 Å². The lowest BCUT2D eigenvalue weighted by atomic mass is 10.1. The monoisotopic (exact) mass is 229 g/mol. The van der Waals surface area contributed by atoms with Crippen molar-refractivity contribution in [1.82, 2.24) is 0 Å². The number of benzene rings is 2. The molecular weight excluding hydrogens is 218 g/mol. The molecule has 1 aliphatic rings. The van der Waals surface area contributed by atoms with Gasteiger partial charge in [-0.25, -0.2) is 0 Å². The third-order valence-corrected chi connectivity index (χ3v) is 3.25. The van der Waals surface area contributed by atoms with Crippen molar-refractivity contribution in [2.45, 2.75) is 13.1 Å². The van der Waals surface area contributed by atoms with Crippen LogP contribution in [0.4, 0.5) is 5.69 Å². The molecule has 3 rings (SSSR count). The van der Waals surface area contributed by atoms with Crippen molar-refractivity contribution in [1.29, 1.82) is 0 Å². The number of halogens is 1. The van der Waals surface area contributed by atoms with E-state index >= 15 is 0 Å². The molecule has 0 radical (unpaired) electrons. The van der Waals surface area contributed by atoms with Crippen LogP contribution < -0.4 is 4.90 Å². The Hall–Kier alpha value is -1.47. The molecule has 2 aromatic carbocycles. The summed E-state index contributed by atoms with van der Waals surface area (Å²) >= 11 is 6.01. The molecule has 16 heavy (non-hydrogen) atoms. The summed E-state index contributed by atoms with van der Waals surface area (Å²) in [6.45, 7) is 1.97. The molecule has 0 atom stereocenters. The molecule has 0 fully saturated rings. The van der Waals surface area contributed by atoms with Crippen molar-refractivity contribution < 1.29 is 0 Å². The minimum Gasteiger partial charge on any atom is -0.363 e. The molecule has 0 aromatic heterocycles. The molecule has 0 saturated heterocycles. The highest BCUT2D eigenvalue weighted by Gasteiger charge is 2.18. The molecule has 0 aliphatic carbocycles. The van der Waals surface area contributed by atoms with Crippen LogP contribution in [0.1, 0.15) is 11.1 Å². The standard InChI is InChI=1S/C14H12ClN/c15-13-6-3-7-14(8-13)16-9-11-4-1-2-5-12(11)10-16/h1-8H,9-10H2. The van der Waals surface area contributed by atoms with Crippen LogP contribution in [0.2, 0.25) is 5.02 Å². The molecule has 0 unspecified atom stereocenters. The van der Waals surface area contributed by atoms with Gasteiger partial charge in [0.05, 0.1) is 0 Å². The van der Waals surface area contributed by atoms with E-state index in [1.54, 1.807) is 0 Å². The summed E-state index contributed by atoms with van der Waals surface area (Å²) in [6.07, 6.45) is 0. The van der Waals surface area contributed by atoms with Crippen molar-refractivity contribution in [3.05, 3.63) is 64.7 Å². The topological polar surface area (TPSA) is 3.24 Å². The molecule has 0 spiro atoms. The van der Waals surface area contributed by atoms with E-state index in [-0.39, 0.29) is 0 Å². The van der Waals surface area contributed by atoms with Gasteiger partial charge in [0.2, 0.25) is 0 Å². The van der Waals surface area contributed by atoms with Crippen LogP contribution in [0.3, 0.4) is 0 Å². The Balaban J connectivity index is 1.91. The first-order valence-electron chi connectivity index (χ1n) is 5.40. The van der Waals surface area contributed by atoms with Gasteiger partial charge >= 0.3 is 0 Å². The minimum absolute atomic E-state index is 0.799. The molecule has 2 aromatic rings. The smallest absolute Gasteiger partial charge is 0.0436 e.